The summed E-state index contributed by atoms with van der Waals surface area (Å²) in [7, 11) is 0. The Kier molecular flexibility index (Phi) is 4.98. The number of aromatic nitrogens is 3. The Balaban J connectivity index is 1.48. The minimum absolute atomic E-state index is 0.116. The van der Waals surface area contributed by atoms with Gasteiger partial charge >= 0.3 is 0 Å². The molecule has 1 amide bonds. The zero-order valence-corrected chi connectivity index (χ0v) is 16.2. The fourth-order valence-corrected chi connectivity index (χ4v) is 3.75. The zero-order valence-electron chi connectivity index (χ0n) is 16.2. The first-order valence-electron chi connectivity index (χ1n) is 9.74. The Labute approximate surface area is 162 Å². The van der Waals surface area contributed by atoms with Gasteiger partial charge in [-0.3, -0.25) is 9.59 Å². The topological polar surface area (TPSA) is 92.1 Å². The van der Waals surface area contributed by atoms with Crippen molar-refractivity contribution in [3.05, 3.63) is 46.1 Å². The van der Waals surface area contributed by atoms with Crippen LogP contribution in [0.5, 0.6) is 0 Å². The van der Waals surface area contributed by atoms with Crippen LogP contribution in [0.1, 0.15) is 37.6 Å². The number of amides is 1. The number of carbonyl (C=O) groups is 1. The van der Waals surface area contributed by atoms with Crippen LogP contribution in [0.25, 0.3) is 22.3 Å². The number of H-pyrrole nitrogens is 1. The standard InChI is InChI=1S/C21H24N4O3/c1-13-5-6-17-15(10-13)11-16(21(27)22-17)20-23-18(28-24-20)7-8-19(26)25-9-3-4-14(2)12-25/h5-6,10-11,14H,3-4,7-9,12H2,1-2H3,(H,22,27). The fraction of sp³-hybridized carbons (Fsp3) is 0.429. The molecule has 2 aromatic heterocycles. The van der Waals surface area contributed by atoms with Gasteiger partial charge in [-0.1, -0.05) is 23.7 Å². The van der Waals surface area contributed by atoms with Crippen molar-refractivity contribution < 1.29 is 9.32 Å². The van der Waals surface area contributed by atoms with Crippen LogP contribution in [-0.2, 0) is 11.2 Å². The summed E-state index contributed by atoms with van der Waals surface area (Å²) < 4.78 is 5.28. The molecule has 4 rings (SSSR count). The highest BCUT2D eigenvalue weighted by Crippen LogP contribution is 2.20. The van der Waals surface area contributed by atoms with Gasteiger partial charge in [0.05, 0.1) is 5.56 Å². The zero-order chi connectivity index (χ0) is 19.7. The van der Waals surface area contributed by atoms with Gasteiger partial charge in [-0.25, -0.2) is 0 Å². The number of piperidine rings is 1. The van der Waals surface area contributed by atoms with E-state index >= 15 is 0 Å². The van der Waals surface area contributed by atoms with Crippen LogP contribution < -0.4 is 5.56 Å². The summed E-state index contributed by atoms with van der Waals surface area (Å²) in [4.78, 5) is 33.9. The molecule has 146 valence electrons. The Morgan fingerprint density at radius 1 is 1.36 bits per heavy atom. The van der Waals surface area contributed by atoms with Crippen molar-refractivity contribution in [3.8, 4) is 11.4 Å². The van der Waals surface area contributed by atoms with Crippen LogP contribution in [0.15, 0.2) is 33.6 Å². The fourth-order valence-electron chi connectivity index (χ4n) is 3.75. The molecule has 1 aromatic carbocycles. The summed E-state index contributed by atoms with van der Waals surface area (Å²) in [5.41, 5.74) is 1.97. The van der Waals surface area contributed by atoms with Gasteiger partial charge in [0.15, 0.2) is 0 Å². The summed E-state index contributed by atoms with van der Waals surface area (Å²) in [5.74, 6) is 1.29. The molecule has 0 spiro atoms. The third-order valence-corrected chi connectivity index (χ3v) is 5.27. The van der Waals surface area contributed by atoms with Crippen molar-refractivity contribution in [2.45, 2.75) is 39.5 Å². The molecule has 3 aromatic rings. The van der Waals surface area contributed by atoms with Gasteiger partial charge in [0.2, 0.25) is 17.6 Å². The van der Waals surface area contributed by atoms with Gasteiger partial charge in [-0.05, 0) is 49.3 Å². The maximum absolute atomic E-state index is 12.4. The molecule has 0 aliphatic carbocycles. The average Bonchev–Trinajstić information content (AvgIpc) is 3.14. The predicted octanol–water partition coefficient (Wildman–Crippen LogP) is 3.08. The quantitative estimate of drug-likeness (QED) is 0.751. The van der Waals surface area contributed by atoms with Gasteiger partial charge < -0.3 is 14.4 Å². The molecule has 1 fully saturated rings. The molecule has 7 nitrogen and oxygen atoms in total. The number of benzene rings is 1. The van der Waals surface area contributed by atoms with Gasteiger partial charge in [-0.2, -0.15) is 4.98 Å². The van der Waals surface area contributed by atoms with Crippen LogP contribution in [0.4, 0.5) is 0 Å². The van der Waals surface area contributed by atoms with Crippen LogP contribution in [-0.4, -0.2) is 39.0 Å². The largest absolute Gasteiger partial charge is 0.342 e. The molecular formula is C21H24N4O3. The monoisotopic (exact) mass is 380 g/mol. The number of fused-ring (bicyclic) bond motifs is 1. The van der Waals surface area contributed by atoms with Crippen LogP contribution >= 0.6 is 0 Å². The minimum Gasteiger partial charge on any atom is -0.342 e. The van der Waals surface area contributed by atoms with E-state index < -0.39 is 0 Å². The van der Waals surface area contributed by atoms with Gasteiger partial charge in [0, 0.05) is 31.4 Å². The predicted molar refractivity (Wildman–Crippen MR) is 106 cm³/mol. The summed E-state index contributed by atoms with van der Waals surface area (Å²) in [6.07, 6.45) is 2.95. The molecule has 0 saturated carbocycles. The summed E-state index contributed by atoms with van der Waals surface area (Å²) in [6, 6.07) is 7.60. The molecular weight excluding hydrogens is 356 g/mol. The first-order chi connectivity index (χ1) is 13.5. The number of rotatable bonds is 4. The highest BCUT2D eigenvalue weighted by molar-refractivity contribution is 5.83. The molecule has 1 unspecified atom stereocenters. The van der Waals surface area contributed by atoms with E-state index in [1.807, 2.05) is 30.0 Å². The van der Waals surface area contributed by atoms with E-state index in [0.29, 0.717) is 30.2 Å². The van der Waals surface area contributed by atoms with Crippen molar-refractivity contribution in [1.82, 2.24) is 20.0 Å². The van der Waals surface area contributed by atoms with E-state index in [9.17, 15) is 9.59 Å². The van der Waals surface area contributed by atoms with E-state index in [0.717, 1.165) is 36.0 Å². The molecule has 0 bridgehead atoms. The number of hydrogen-bond donors (Lipinski definition) is 1. The van der Waals surface area contributed by atoms with Crippen LogP contribution in [0.2, 0.25) is 0 Å². The second-order valence-electron chi connectivity index (χ2n) is 7.70. The highest BCUT2D eigenvalue weighted by atomic mass is 16.5. The number of pyridine rings is 1. The smallest absolute Gasteiger partial charge is 0.259 e. The lowest BCUT2D eigenvalue weighted by Gasteiger charge is -2.30. The maximum atomic E-state index is 12.4. The Morgan fingerprint density at radius 2 is 2.21 bits per heavy atom. The van der Waals surface area contributed by atoms with Gasteiger partial charge in [-0.15, -0.1) is 0 Å². The van der Waals surface area contributed by atoms with Crippen LogP contribution in [0, 0.1) is 12.8 Å². The first kappa shape index (κ1) is 18.4. The summed E-state index contributed by atoms with van der Waals surface area (Å²) >= 11 is 0. The third kappa shape index (κ3) is 3.83. The Morgan fingerprint density at radius 3 is 3.04 bits per heavy atom. The molecule has 1 N–H and O–H groups in total. The minimum atomic E-state index is -0.262. The highest BCUT2D eigenvalue weighted by Gasteiger charge is 2.21. The van der Waals surface area contributed by atoms with Crippen molar-refractivity contribution in [3.63, 3.8) is 0 Å². The molecule has 1 atom stereocenters. The van der Waals surface area contributed by atoms with E-state index in [-0.39, 0.29) is 17.3 Å². The van der Waals surface area contributed by atoms with E-state index in [2.05, 4.69) is 22.0 Å². The lowest BCUT2D eigenvalue weighted by atomic mass is 10.00. The normalized spacial score (nSPS) is 17.2. The number of likely N-dealkylation sites (tertiary alicyclic amines) is 1. The van der Waals surface area contributed by atoms with Gasteiger partial charge in [0.1, 0.15) is 0 Å². The number of carbonyl (C=O) groups excluding carboxylic acids is 1. The molecule has 28 heavy (non-hydrogen) atoms. The molecule has 7 heteroatoms. The van der Waals surface area contributed by atoms with Crippen molar-refractivity contribution >= 4 is 16.8 Å². The second kappa shape index (κ2) is 7.58. The van der Waals surface area contributed by atoms with E-state index in [1.165, 1.54) is 6.42 Å². The summed E-state index contributed by atoms with van der Waals surface area (Å²) in [6.45, 7) is 5.81. The number of nitrogens with one attached hydrogen (secondary N) is 1. The van der Waals surface area contributed by atoms with Crippen molar-refractivity contribution in [2.75, 3.05) is 13.1 Å². The SMILES string of the molecule is Cc1ccc2[nH]c(=O)c(-c3noc(CCC(=O)N4CCCC(C)C4)n3)cc2c1. The van der Waals surface area contributed by atoms with Gasteiger partial charge in [0.25, 0.3) is 5.56 Å². The number of nitrogens with zero attached hydrogens (tertiary/aromatic N) is 3. The Hall–Kier alpha value is -2.96. The number of aromatic amines is 1. The lowest BCUT2D eigenvalue weighted by Crippen LogP contribution is -2.39. The molecule has 0 radical (unpaired) electrons. The number of hydrogen-bond acceptors (Lipinski definition) is 5. The number of aryl methyl sites for hydroxylation is 2. The van der Waals surface area contributed by atoms with Crippen LogP contribution in [0.3, 0.4) is 0 Å². The van der Waals surface area contributed by atoms with E-state index in [1.54, 1.807) is 6.07 Å². The summed E-state index contributed by atoms with van der Waals surface area (Å²) in [5, 5.41) is 4.86. The average molecular weight is 380 g/mol. The maximum Gasteiger partial charge on any atom is 0.259 e. The van der Waals surface area contributed by atoms with Crippen molar-refractivity contribution in [1.29, 1.82) is 0 Å². The molecule has 1 aliphatic rings. The van der Waals surface area contributed by atoms with E-state index in [4.69, 9.17) is 4.52 Å². The first-order valence-corrected chi connectivity index (χ1v) is 9.74. The Bertz CT molecular complexity index is 1070. The lowest BCUT2D eigenvalue weighted by molar-refractivity contribution is -0.132. The third-order valence-electron chi connectivity index (χ3n) is 5.27. The van der Waals surface area contributed by atoms with Crippen molar-refractivity contribution in [2.24, 2.45) is 5.92 Å². The molecule has 1 saturated heterocycles. The second-order valence-corrected chi connectivity index (χ2v) is 7.70. The molecule has 3 heterocycles. The molecule has 1 aliphatic heterocycles.